The Morgan fingerprint density at radius 3 is 2.63 bits per heavy atom. The van der Waals surface area contributed by atoms with E-state index >= 15 is 0 Å². The van der Waals surface area contributed by atoms with Gasteiger partial charge in [-0.15, -0.1) is 0 Å². The fourth-order valence-electron chi connectivity index (χ4n) is 4.89. The molecule has 210 valence electrons. The number of para-hydroxylation sites is 1. The standard InChI is InChI=1S/C30H31N7O3S/c1-39-25-17-22-24(18-26(25)40-15-7-14-37-12-5-6-13-37)31-19-32-28(22)33-21-10-11-23-27(16-21)41-30(35-23)36-29(38)34-20-8-3-2-4-9-20/h2-4,8-11,16-19H,5-7,12-15H2,1H3,(H,31,32,33)(H2,34,35,36,38). The number of hydrogen-bond acceptors (Lipinski definition) is 9. The van der Waals surface area contributed by atoms with Gasteiger partial charge in [0.2, 0.25) is 0 Å². The highest BCUT2D eigenvalue weighted by molar-refractivity contribution is 7.22. The molecule has 11 heteroatoms. The van der Waals surface area contributed by atoms with E-state index in [1.807, 2.05) is 60.7 Å². The van der Waals surface area contributed by atoms with Crippen LogP contribution >= 0.6 is 11.3 Å². The van der Waals surface area contributed by atoms with Crippen molar-refractivity contribution in [1.82, 2.24) is 19.9 Å². The Kier molecular flexibility index (Phi) is 8.06. The number of carbonyl (C=O) groups excluding carboxylic acids is 1. The van der Waals surface area contributed by atoms with Crippen LogP contribution in [0.4, 0.5) is 27.1 Å². The zero-order chi connectivity index (χ0) is 28.0. The molecule has 0 unspecified atom stereocenters. The number of thiazole rings is 1. The third kappa shape index (κ3) is 6.47. The lowest BCUT2D eigenvalue weighted by Gasteiger charge is -2.16. The van der Waals surface area contributed by atoms with Gasteiger partial charge in [0.1, 0.15) is 12.1 Å². The Morgan fingerprint density at radius 2 is 1.80 bits per heavy atom. The Bertz CT molecular complexity index is 1650. The molecule has 41 heavy (non-hydrogen) atoms. The molecular weight excluding hydrogens is 538 g/mol. The van der Waals surface area contributed by atoms with Gasteiger partial charge in [-0.2, -0.15) is 0 Å². The van der Waals surface area contributed by atoms with Gasteiger partial charge in [0.15, 0.2) is 16.6 Å². The minimum absolute atomic E-state index is 0.343. The second kappa shape index (κ2) is 12.4. The van der Waals surface area contributed by atoms with Gasteiger partial charge in [0, 0.05) is 29.4 Å². The number of benzene rings is 3. The van der Waals surface area contributed by atoms with Crippen LogP contribution in [0.25, 0.3) is 21.1 Å². The predicted octanol–water partition coefficient (Wildman–Crippen LogP) is 6.50. The van der Waals surface area contributed by atoms with E-state index in [0.29, 0.717) is 34.7 Å². The Balaban J connectivity index is 1.15. The molecule has 0 bridgehead atoms. The van der Waals surface area contributed by atoms with Gasteiger partial charge in [-0.05, 0) is 68.8 Å². The molecule has 1 aliphatic heterocycles. The van der Waals surface area contributed by atoms with Crippen molar-refractivity contribution in [3.05, 3.63) is 67.0 Å². The molecule has 3 aromatic carbocycles. The van der Waals surface area contributed by atoms with Crippen molar-refractivity contribution in [2.75, 3.05) is 49.3 Å². The van der Waals surface area contributed by atoms with Crippen LogP contribution in [0.3, 0.4) is 0 Å². The van der Waals surface area contributed by atoms with Crippen LogP contribution in [0.5, 0.6) is 11.5 Å². The lowest BCUT2D eigenvalue weighted by atomic mass is 10.2. The van der Waals surface area contributed by atoms with Crippen molar-refractivity contribution in [2.45, 2.75) is 19.3 Å². The molecule has 5 aromatic rings. The van der Waals surface area contributed by atoms with E-state index < -0.39 is 0 Å². The first-order valence-electron chi connectivity index (χ1n) is 13.6. The molecule has 1 saturated heterocycles. The molecular formula is C30H31N7O3S. The maximum Gasteiger partial charge on any atom is 0.325 e. The summed E-state index contributed by atoms with van der Waals surface area (Å²) in [4.78, 5) is 28.4. The van der Waals surface area contributed by atoms with Crippen LogP contribution < -0.4 is 25.4 Å². The third-order valence-electron chi connectivity index (χ3n) is 6.90. The van der Waals surface area contributed by atoms with E-state index in [-0.39, 0.29) is 6.03 Å². The average Bonchev–Trinajstić information content (AvgIpc) is 3.65. The summed E-state index contributed by atoms with van der Waals surface area (Å²) in [6.07, 6.45) is 5.08. The van der Waals surface area contributed by atoms with E-state index in [9.17, 15) is 4.79 Å². The van der Waals surface area contributed by atoms with Crippen LogP contribution in [0.15, 0.2) is 67.0 Å². The number of urea groups is 1. The highest BCUT2D eigenvalue weighted by Gasteiger charge is 2.15. The maximum absolute atomic E-state index is 12.4. The van der Waals surface area contributed by atoms with Crippen LogP contribution in [-0.2, 0) is 0 Å². The second-order valence-corrected chi connectivity index (χ2v) is 10.8. The van der Waals surface area contributed by atoms with Crippen LogP contribution in [-0.4, -0.2) is 59.2 Å². The van der Waals surface area contributed by atoms with Crippen molar-refractivity contribution in [3.63, 3.8) is 0 Å². The molecule has 6 rings (SSSR count). The fraction of sp³-hybridized carbons (Fsp3) is 0.267. The fourth-order valence-corrected chi connectivity index (χ4v) is 5.79. The summed E-state index contributed by atoms with van der Waals surface area (Å²) in [6.45, 7) is 4.04. The van der Waals surface area contributed by atoms with Gasteiger partial charge in [-0.25, -0.2) is 19.7 Å². The van der Waals surface area contributed by atoms with Crippen LogP contribution in [0.1, 0.15) is 19.3 Å². The predicted molar refractivity (Wildman–Crippen MR) is 164 cm³/mol. The molecule has 3 N–H and O–H groups in total. The first-order valence-corrected chi connectivity index (χ1v) is 14.4. The number of fused-ring (bicyclic) bond motifs is 2. The summed E-state index contributed by atoms with van der Waals surface area (Å²) in [5.41, 5.74) is 3.09. The van der Waals surface area contributed by atoms with Crippen molar-refractivity contribution in [3.8, 4) is 11.5 Å². The van der Waals surface area contributed by atoms with Gasteiger partial charge in [-0.1, -0.05) is 29.5 Å². The number of aromatic nitrogens is 3. The SMILES string of the molecule is COc1cc2c(Nc3ccc4nc(NC(=O)Nc5ccccc5)sc4c3)ncnc2cc1OCCCN1CCCC1. The molecule has 3 heterocycles. The van der Waals surface area contributed by atoms with Crippen molar-refractivity contribution < 1.29 is 14.3 Å². The van der Waals surface area contributed by atoms with Crippen LogP contribution in [0.2, 0.25) is 0 Å². The molecule has 2 aromatic heterocycles. The average molecular weight is 570 g/mol. The smallest absolute Gasteiger partial charge is 0.325 e. The summed E-state index contributed by atoms with van der Waals surface area (Å²) in [6, 6.07) is 18.6. The molecule has 0 spiro atoms. The number of nitrogens with one attached hydrogen (secondary N) is 3. The number of amides is 2. The van der Waals surface area contributed by atoms with Gasteiger partial charge >= 0.3 is 6.03 Å². The highest BCUT2D eigenvalue weighted by Crippen LogP contribution is 2.36. The number of ether oxygens (including phenoxy) is 2. The maximum atomic E-state index is 12.4. The van der Waals surface area contributed by atoms with E-state index in [2.05, 4.69) is 35.8 Å². The lowest BCUT2D eigenvalue weighted by Crippen LogP contribution is -2.21. The molecule has 1 aliphatic rings. The number of likely N-dealkylation sites (tertiary alicyclic amines) is 1. The van der Waals surface area contributed by atoms with E-state index in [4.69, 9.17) is 9.47 Å². The zero-order valence-corrected chi connectivity index (χ0v) is 23.5. The summed E-state index contributed by atoms with van der Waals surface area (Å²) in [7, 11) is 1.64. The van der Waals surface area contributed by atoms with Crippen LogP contribution in [0, 0.1) is 0 Å². The molecule has 0 atom stereocenters. The third-order valence-corrected chi connectivity index (χ3v) is 7.83. The molecule has 1 fully saturated rings. The first-order chi connectivity index (χ1) is 20.1. The summed E-state index contributed by atoms with van der Waals surface area (Å²) < 4.78 is 12.7. The topological polar surface area (TPSA) is 114 Å². The quantitative estimate of drug-likeness (QED) is 0.163. The largest absolute Gasteiger partial charge is 0.493 e. The molecule has 0 radical (unpaired) electrons. The molecule has 10 nitrogen and oxygen atoms in total. The zero-order valence-electron chi connectivity index (χ0n) is 22.7. The highest BCUT2D eigenvalue weighted by atomic mass is 32.1. The molecule has 0 aliphatic carbocycles. The molecule has 2 amide bonds. The van der Waals surface area contributed by atoms with E-state index in [0.717, 1.165) is 39.8 Å². The van der Waals surface area contributed by atoms with Crippen molar-refractivity contribution in [2.24, 2.45) is 0 Å². The van der Waals surface area contributed by atoms with Gasteiger partial charge in [0.05, 0.1) is 29.5 Å². The number of anilines is 4. The first kappa shape index (κ1) is 26.7. The number of carbonyl (C=O) groups is 1. The molecule has 0 saturated carbocycles. The normalized spacial score (nSPS) is 13.4. The van der Waals surface area contributed by atoms with E-state index in [1.165, 1.54) is 43.6 Å². The van der Waals surface area contributed by atoms with Gasteiger partial charge < -0.3 is 25.0 Å². The number of rotatable bonds is 10. The van der Waals surface area contributed by atoms with Gasteiger partial charge in [0.25, 0.3) is 0 Å². The Hall–Kier alpha value is -4.48. The van der Waals surface area contributed by atoms with Crippen molar-refractivity contribution in [1.29, 1.82) is 0 Å². The Morgan fingerprint density at radius 1 is 0.951 bits per heavy atom. The van der Waals surface area contributed by atoms with E-state index in [1.54, 1.807) is 7.11 Å². The second-order valence-electron chi connectivity index (χ2n) is 9.76. The van der Waals surface area contributed by atoms with Crippen molar-refractivity contribution >= 4 is 60.8 Å². The lowest BCUT2D eigenvalue weighted by molar-refractivity contribution is 0.254. The summed E-state index contributed by atoms with van der Waals surface area (Å²) in [5, 5.41) is 10.3. The minimum Gasteiger partial charge on any atom is -0.493 e. The van der Waals surface area contributed by atoms with Gasteiger partial charge in [-0.3, -0.25) is 5.32 Å². The minimum atomic E-state index is -0.343. The summed E-state index contributed by atoms with van der Waals surface area (Å²) in [5.74, 6) is 1.96. The number of nitrogens with zero attached hydrogens (tertiary/aromatic N) is 4. The Labute approximate surface area is 241 Å². The monoisotopic (exact) mass is 569 g/mol. The number of methoxy groups -OCH3 is 1. The summed E-state index contributed by atoms with van der Waals surface area (Å²) >= 11 is 1.39. The number of hydrogen-bond donors (Lipinski definition) is 3.